The Labute approximate surface area is 215 Å². The Hall–Kier alpha value is -3.46. The van der Waals surface area contributed by atoms with Gasteiger partial charge in [-0.15, -0.1) is 0 Å². The number of aromatic nitrogens is 3. The lowest BCUT2D eigenvalue weighted by atomic mass is 10.0. The SMILES string of the molecule is COc1ccc(C2OC[C@H]3C[C@H](n4ccc5c(N[C@H]6CCc7ccccc76)ncnc54)[C@@H](O)[C@H]3O2)cc1. The monoisotopic (exact) mass is 498 g/mol. The largest absolute Gasteiger partial charge is 0.497 e. The van der Waals surface area contributed by atoms with Gasteiger partial charge in [-0.05, 0) is 48.6 Å². The van der Waals surface area contributed by atoms with E-state index in [1.165, 1.54) is 11.1 Å². The summed E-state index contributed by atoms with van der Waals surface area (Å²) in [6, 6.07) is 18.4. The van der Waals surface area contributed by atoms with Crippen LogP contribution in [0.5, 0.6) is 5.75 Å². The summed E-state index contributed by atoms with van der Waals surface area (Å²) in [5.74, 6) is 1.72. The number of fused-ring (bicyclic) bond motifs is 3. The molecule has 1 aliphatic heterocycles. The number of hydrogen-bond acceptors (Lipinski definition) is 7. The van der Waals surface area contributed by atoms with Crippen LogP contribution in [-0.2, 0) is 15.9 Å². The molecule has 2 aliphatic carbocycles. The summed E-state index contributed by atoms with van der Waals surface area (Å²) in [6.07, 6.45) is 5.01. The van der Waals surface area contributed by atoms with Crippen LogP contribution in [-0.4, -0.2) is 45.6 Å². The van der Waals surface area contributed by atoms with Crippen molar-refractivity contribution in [1.29, 1.82) is 0 Å². The average Bonchev–Trinajstić information content (AvgIpc) is 3.65. The van der Waals surface area contributed by atoms with Crippen molar-refractivity contribution < 1.29 is 19.3 Å². The van der Waals surface area contributed by atoms with E-state index >= 15 is 0 Å². The molecule has 8 heteroatoms. The highest BCUT2D eigenvalue weighted by Crippen LogP contribution is 2.45. The van der Waals surface area contributed by atoms with Crippen LogP contribution in [0.2, 0.25) is 0 Å². The molecule has 2 N–H and O–H groups in total. The summed E-state index contributed by atoms with van der Waals surface area (Å²) in [6.45, 7) is 0.539. The molecule has 37 heavy (non-hydrogen) atoms. The van der Waals surface area contributed by atoms with Gasteiger partial charge in [-0.25, -0.2) is 9.97 Å². The molecule has 6 atom stereocenters. The third-order valence-corrected chi connectivity index (χ3v) is 8.18. The maximum atomic E-state index is 11.4. The molecular weight excluding hydrogens is 468 g/mol. The molecule has 2 aromatic heterocycles. The average molecular weight is 499 g/mol. The van der Waals surface area contributed by atoms with Crippen LogP contribution in [0, 0.1) is 5.92 Å². The van der Waals surface area contributed by atoms with E-state index in [2.05, 4.69) is 44.1 Å². The lowest BCUT2D eigenvalue weighted by Crippen LogP contribution is -2.39. The maximum Gasteiger partial charge on any atom is 0.184 e. The number of methoxy groups -OCH3 is 1. The Kier molecular flexibility index (Phi) is 5.61. The number of nitrogens with one attached hydrogen (secondary N) is 1. The fourth-order valence-corrected chi connectivity index (χ4v) is 6.27. The van der Waals surface area contributed by atoms with Crippen LogP contribution in [0.1, 0.15) is 47.9 Å². The number of hydrogen-bond donors (Lipinski definition) is 2. The molecule has 3 heterocycles. The number of rotatable bonds is 5. The number of anilines is 1. The first-order valence-electron chi connectivity index (χ1n) is 12.9. The van der Waals surface area contributed by atoms with E-state index in [1.54, 1.807) is 13.4 Å². The first kappa shape index (κ1) is 22.7. The zero-order valence-corrected chi connectivity index (χ0v) is 20.7. The van der Waals surface area contributed by atoms with Gasteiger partial charge in [0.2, 0.25) is 0 Å². The second-order valence-electron chi connectivity index (χ2n) is 10.2. The maximum absolute atomic E-state index is 11.4. The van der Waals surface area contributed by atoms with Gasteiger partial charge in [-0.2, -0.15) is 0 Å². The zero-order valence-electron chi connectivity index (χ0n) is 20.7. The van der Waals surface area contributed by atoms with E-state index in [-0.39, 0.29) is 24.1 Å². The van der Waals surface area contributed by atoms with Crippen molar-refractivity contribution in [3.05, 3.63) is 83.8 Å². The van der Waals surface area contributed by atoms with Gasteiger partial charge in [0.15, 0.2) is 6.29 Å². The molecule has 4 aromatic rings. The van der Waals surface area contributed by atoms with Gasteiger partial charge in [0.05, 0.1) is 37.3 Å². The lowest BCUT2D eigenvalue weighted by molar-refractivity contribution is -0.249. The van der Waals surface area contributed by atoms with Crippen molar-refractivity contribution in [3.8, 4) is 5.75 Å². The molecule has 0 bridgehead atoms. The molecule has 1 saturated carbocycles. The van der Waals surface area contributed by atoms with Gasteiger partial charge >= 0.3 is 0 Å². The summed E-state index contributed by atoms with van der Waals surface area (Å²) >= 11 is 0. The Bertz CT molecular complexity index is 1420. The molecule has 1 unspecified atom stereocenters. The predicted octanol–water partition coefficient (Wildman–Crippen LogP) is 4.58. The summed E-state index contributed by atoms with van der Waals surface area (Å²) in [4.78, 5) is 9.19. The van der Waals surface area contributed by atoms with Gasteiger partial charge in [0.1, 0.15) is 29.6 Å². The normalized spacial score (nSPS) is 28.7. The van der Waals surface area contributed by atoms with E-state index in [4.69, 9.17) is 14.2 Å². The topological polar surface area (TPSA) is 90.7 Å². The third-order valence-electron chi connectivity index (χ3n) is 8.18. The van der Waals surface area contributed by atoms with E-state index in [0.29, 0.717) is 6.61 Å². The minimum atomic E-state index is -0.668. The Morgan fingerprint density at radius 3 is 2.81 bits per heavy atom. The standard InChI is InChI=1S/C29H30N4O4/c1-35-20-9-6-18(7-10-20)29-36-15-19-14-24(25(34)26(19)37-29)33-13-12-22-27(30-16-31-28(22)33)32-23-11-8-17-4-2-3-5-21(17)23/h2-7,9-10,12-13,16,19,23-26,29,34H,8,11,14-15H2,1H3,(H,30,31,32)/t19-,23+,24+,25-,26+,29?/m1/s1. The van der Waals surface area contributed by atoms with Crippen LogP contribution in [0.4, 0.5) is 5.82 Å². The highest BCUT2D eigenvalue weighted by Gasteiger charge is 2.48. The number of aliphatic hydroxyl groups is 1. The Morgan fingerprint density at radius 1 is 1.08 bits per heavy atom. The van der Waals surface area contributed by atoms with Crippen molar-refractivity contribution in [3.63, 3.8) is 0 Å². The number of benzene rings is 2. The number of aliphatic hydroxyl groups excluding tert-OH is 1. The fourth-order valence-electron chi connectivity index (χ4n) is 6.27. The van der Waals surface area contributed by atoms with E-state index in [9.17, 15) is 5.11 Å². The molecule has 2 aromatic carbocycles. The summed E-state index contributed by atoms with van der Waals surface area (Å²) in [5, 5.41) is 16.0. The van der Waals surface area contributed by atoms with Crippen LogP contribution in [0.3, 0.4) is 0 Å². The van der Waals surface area contributed by atoms with Crippen molar-refractivity contribution >= 4 is 16.9 Å². The first-order valence-corrected chi connectivity index (χ1v) is 12.9. The molecule has 3 aliphatic rings. The van der Waals surface area contributed by atoms with Crippen molar-refractivity contribution in [2.45, 2.75) is 49.8 Å². The van der Waals surface area contributed by atoms with Crippen LogP contribution < -0.4 is 10.1 Å². The van der Waals surface area contributed by atoms with Crippen molar-refractivity contribution in [2.75, 3.05) is 19.0 Å². The van der Waals surface area contributed by atoms with Gasteiger partial charge in [-0.1, -0.05) is 36.4 Å². The fraction of sp³-hybridized carbons (Fsp3) is 0.379. The second kappa shape index (κ2) is 9.13. The molecule has 0 radical (unpaired) electrons. The van der Waals surface area contributed by atoms with Gasteiger partial charge < -0.3 is 29.2 Å². The molecule has 190 valence electrons. The number of ether oxygens (including phenoxy) is 3. The van der Waals surface area contributed by atoms with Gasteiger partial charge in [0, 0.05) is 17.7 Å². The molecule has 8 nitrogen and oxygen atoms in total. The number of nitrogens with zero attached hydrogens (tertiary/aromatic N) is 3. The van der Waals surface area contributed by atoms with E-state index in [1.807, 2.05) is 36.5 Å². The predicted molar refractivity (Wildman–Crippen MR) is 138 cm³/mol. The lowest BCUT2D eigenvalue weighted by Gasteiger charge is -2.34. The Balaban J connectivity index is 1.12. The number of aryl methyl sites for hydroxylation is 1. The van der Waals surface area contributed by atoms with Crippen LogP contribution >= 0.6 is 0 Å². The summed E-state index contributed by atoms with van der Waals surface area (Å²) < 4.78 is 19.7. The molecular formula is C29H30N4O4. The summed E-state index contributed by atoms with van der Waals surface area (Å²) in [7, 11) is 1.64. The first-order chi connectivity index (χ1) is 18.2. The minimum Gasteiger partial charge on any atom is -0.497 e. The quantitative estimate of drug-likeness (QED) is 0.416. The zero-order chi connectivity index (χ0) is 24.9. The smallest absolute Gasteiger partial charge is 0.184 e. The minimum absolute atomic E-state index is 0.112. The van der Waals surface area contributed by atoms with Crippen LogP contribution in [0.25, 0.3) is 11.0 Å². The highest BCUT2D eigenvalue weighted by atomic mass is 16.7. The molecule has 2 fully saturated rings. The molecule has 0 spiro atoms. The Morgan fingerprint density at radius 2 is 1.95 bits per heavy atom. The third kappa shape index (κ3) is 3.87. The van der Waals surface area contributed by atoms with Crippen molar-refractivity contribution in [2.24, 2.45) is 5.92 Å². The summed E-state index contributed by atoms with van der Waals surface area (Å²) in [5.41, 5.74) is 4.47. The van der Waals surface area contributed by atoms with E-state index < -0.39 is 12.4 Å². The molecule has 0 amide bonds. The van der Waals surface area contributed by atoms with Gasteiger partial charge in [-0.3, -0.25) is 0 Å². The van der Waals surface area contributed by atoms with E-state index in [0.717, 1.165) is 47.4 Å². The van der Waals surface area contributed by atoms with Crippen LogP contribution in [0.15, 0.2) is 67.1 Å². The second-order valence-corrected chi connectivity index (χ2v) is 10.2. The molecule has 7 rings (SSSR count). The molecule has 1 saturated heterocycles. The highest BCUT2D eigenvalue weighted by molar-refractivity contribution is 5.87. The van der Waals surface area contributed by atoms with Gasteiger partial charge in [0.25, 0.3) is 0 Å². The van der Waals surface area contributed by atoms with Crippen molar-refractivity contribution in [1.82, 2.24) is 14.5 Å².